The number of carbonyl (C=O) groups is 2. The quantitative estimate of drug-likeness (QED) is 0.547. The lowest BCUT2D eigenvalue weighted by atomic mass is 9.93. The van der Waals surface area contributed by atoms with Gasteiger partial charge in [-0.05, 0) is 18.8 Å². The minimum Gasteiger partial charge on any atom is -0.481 e. The van der Waals surface area contributed by atoms with Crippen LogP contribution in [0.25, 0.3) is 0 Å². The second kappa shape index (κ2) is 10.1. The fourth-order valence-electron chi connectivity index (χ4n) is 2.07. The number of aliphatic carboxylic acids is 2. The number of unbranched alkanes of at least 4 members (excludes halogenated alkanes) is 3. The Kier molecular flexibility index (Phi) is 9.49. The minimum atomic E-state index is -0.736. The number of carboxylic acid groups (broad SMARTS) is 2. The van der Waals surface area contributed by atoms with Gasteiger partial charge in [0.05, 0.1) is 0 Å². The first-order valence-electron chi connectivity index (χ1n) is 6.49. The Labute approximate surface area is 103 Å². The molecule has 4 heteroatoms. The highest BCUT2D eigenvalue weighted by Crippen LogP contribution is 2.19. The van der Waals surface area contributed by atoms with Gasteiger partial charge in [0.1, 0.15) is 0 Å². The molecule has 0 amide bonds. The van der Waals surface area contributed by atoms with E-state index in [1.54, 1.807) is 0 Å². The van der Waals surface area contributed by atoms with Gasteiger partial charge in [-0.2, -0.15) is 0 Å². The SMILES string of the molecule is CCCC(CCCCCCC(=O)O)CC(=O)O. The number of carboxylic acids is 2. The number of rotatable bonds is 11. The minimum absolute atomic E-state index is 0.244. The molecule has 0 saturated carbocycles. The molecule has 0 radical (unpaired) electrons. The number of hydrogen-bond donors (Lipinski definition) is 2. The summed E-state index contributed by atoms with van der Waals surface area (Å²) in [5.74, 6) is -1.16. The van der Waals surface area contributed by atoms with Gasteiger partial charge in [0.25, 0.3) is 0 Å². The Morgan fingerprint density at radius 2 is 1.59 bits per heavy atom. The summed E-state index contributed by atoms with van der Waals surface area (Å²) in [7, 11) is 0. The molecule has 0 aromatic carbocycles. The van der Waals surface area contributed by atoms with Crippen LogP contribution >= 0.6 is 0 Å². The molecular weight excluding hydrogens is 220 g/mol. The highest BCUT2D eigenvalue weighted by atomic mass is 16.4. The van der Waals surface area contributed by atoms with Crippen molar-refractivity contribution in [1.82, 2.24) is 0 Å². The maximum absolute atomic E-state index is 10.6. The third-order valence-electron chi connectivity index (χ3n) is 2.91. The average Bonchev–Trinajstić information content (AvgIpc) is 2.22. The average molecular weight is 244 g/mol. The molecule has 0 aliphatic carbocycles. The van der Waals surface area contributed by atoms with Crippen molar-refractivity contribution in [3.05, 3.63) is 0 Å². The van der Waals surface area contributed by atoms with Gasteiger partial charge >= 0.3 is 11.9 Å². The van der Waals surface area contributed by atoms with Gasteiger partial charge in [-0.3, -0.25) is 9.59 Å². The second-order valence-electron chi connectivity index (χ2n) is 4.60. The van der Waals surface area contributed by atoms with E-state index in [4.69, 9.17) is 10.2 Å². The van der Waals surface area contributed by atoms with Crippen LogP contribution in [0.4, 0.5) is 0 Å². The number of hydrogen-bond acceptors (Lipinski definition) is 2. The summed E-state index contributed by atoms with van der Waals surface area (Å²) < 4.78 is 0. The topological polar surface area (TPSA) is 74.6 Å². The lowest BCUT2D eigenvalue weighted by molar-refractivity contribution is -0.138. The van der Waals surface area contributed by atoms with Crippen molar-refractivity contribution >= 4 is 11.9 Å². The van der Waals surface area contributed by atoms with Crippen LogP contribution in [0.5, 0.6) is 0 Å². The molecule has 0 bridgehead atoms. The monoisotopic (exact) mass is 244 g/mol. The van der Waals surface area contributed by atoms with Crippen LogP contribution < -0.4 is 0 Å². The Balaban J connectivity index is 3.53. The first kappa shape index (κ1) is 15.9. The standard InChI is InChI=1S/C13H24O4/c1-2-7-11(10-13(16)17)8-5-3-4-6-9-12(14)15/h11H,2-10H2,1H3,(H,14,15)(H,16,17). The molecular formula is C13H24O4. The van der Waals surface area contributed by atoms with Crippen molar-refractivity contribution in [2.24, 2.45) is 5.92 Å². The summed E-state index contributed by atoms with van der Waals surface area (Å²) in [6, 6.07) is 0. The van der Waals surface area contributed by atoms with E-state index in [1.165, 1.54) is 0 Å². The lowest BCUT2D eigenvalue weighted by Gasteiger charge is -2.13. The van der Waals surface area contributed by atoms with E-state index in [2.05, 4.69) is 6.92 Å². The molecule has 0 aliphatic rings. The fraction of sp³-hybridized carbons (Fsp3) is 0.846. The van der Waals surface area contributed by atoms with Crippen LogP contribution in [0.15, 0.2) is 0 Å². The van der Waals surface area contributed by atoms with Gasteiger partial charge in [-0.25, -0.2) is 0 Å². The summed E-state index contributed by atoms with van der Waals surface area (Å²) in [5.41, 5.74) is 0. The Morgan fingerprint density at radius 1 is 0.941 bits per heavy atom. The van der Waals surface area contributed by atoms with Crippen LogP contribution in [0.1, 0.15) is 64.7 Å². The molecule has 0 aromatic rings. The van der Waals surface area contributed by atoms with E-state index in [0.717, 1.165) is 44.9 Å². The summed E-state index contributed by atoms with van der Waals surface area (Å²) in [4.78, 5) is 20.9. The molecule has 1 atom stereocenters. The van der Waals surface area contributed by atoms with Gasteiger partial charge in [-0.1, -0.05) is 39.0 Å². The van der Waals surface area contributed by atoms with Crippen LogP contribution in [-0.2, 0) is 9.59 Å². The third kappa shape index (κ3) is 11.2. The van der Waals surface area contributed by atoms with Crippen LogP contribution in [0.3, 0.4) is 0 Å². The van der Waals surface area contributed by atoms with Crippen molar-refractivity contribution in [2.45, 2.75) is 64.7 Å². The smallest absolute Gasteiger partial charge is 0.303 e. The first-order valence-corrected chi connectivity index (χ1v) is 6.49. The molecule has 0 aliphatic heterocycles. The molecule has 4 nitrogen and oxygen atoms in total. The highest BCUT2D eigenvalue weighted by molar-refractivity contribution is 5.67. The van der Waals surface area contributed by atoms with Crippen molar-refractivity contribution in [1.29, 1.82) is 0 Å². The summed E-state index contributed by atoms with van der Waals surface area (Å²) in [6.07, 6.45) is 7.14. The van der Waals surface area contributed by atoms with E-state index in [-0.39, 0.29) is 18.8 Å². The molecule has 0 saturated heterocycles. The van der Waals surface area contributed by atoms with Gasteiger partial charge in [-0.15, -0.1) is 0 Å². The van der Waals surface area contributed by atoms with E-state index >= 15 is 0 Å². The summed E-state index contributed by atoms with van der Waals surface area (Å²) in [6.45, 7) is 2.07. The second-order valence-corrected chi connectivity index (χ2v) is 4.60. The molecule has 100 valence electrons. The molecule has 0 heterocycles. The van der Waals surface area contributed by atoms with Crippen LogP contribution in [0, 0.1) is 5.92 Å². The van der Waals surface area contributed by atoms with Gasteiger partial charge in [0, 0.05) is 12.8 Å². The Morgan fingerprint density at radius 3 is 2.12 bits per heavy atom. The molecule has 17 heavy (non-hydrogen) atoms. The van der Waals surface area contributed by atoms with Crippen molar-refractivity contribution in [3.63, 3.8) is 0 Å². The molecule has 0 rings (SSSR count). The van der Waals surface area contributed by atoms with E-state index in [9.17, 15) is 9.59 Å². The first-order chi connectivity index (χ1) is 8.06. The van der Waals surface area contributed by atoms with Gasteiger partial charge in [0.2, 0.25) is 0 Å². The van der Waals surface area contributed by atoms with E-state index in [1.807, 2.05) is 0 Å². The van der Waals surface area contributed by atoms with E-state index in [0.29, 0.717) is 0 Å². The van der Waals surface area contributed by atoms with E-state index < -0.39 is 11.9 Å². The predicted octanol–water partition coefficient (Wildman–Crippen LogP) is 3.30. The third-order valence-corrected chi connectivity index (χ3v) is 2.91. The zero-order valence-corrected chi connectivity index (χ0v) is 10.7. The molecule has 2 N–H and O–H groups in total. The fourth-order valence-corrected chi connectivity index (χ4v) is 2.07. The largest absolute Gasteiger partial charge is 0.481 e. The molecule has 1 unspecified atom stereocenters. The summed E-state index contributed by atoms with van der Waals surface area (Å²) in [5, 5.41) is 17.2. The maximum Gasteiger partial charge on any atom is 0.303 e. The lowest BCUT2D eigenvalue weighted by Crippen LogP contribution is -2.07. The predicted molar refractivity (Wildman–Crippen MR) is 66.0 cm³/mol. The zero-order valence-electron chi connectivity index (χ0n) is 10.7. The van der Waals surface area contributed by atoms with Crippen LogP contribution in [0.2, 0.25) is 0 Å². The maximum atomic E-state index is 10.6. The summed E-state index contributed by atoms with van der Waals surface area (Å²) >= 11 is 0. The zero-order chi connectivity index (χ0) is 13.1. The Hall–Kier alpha value is -1.06. The van der Waals surface area contributed by atoms with Gasteiger partial charge < -0.3 is 10.2 Å². The normalized spacial score (nSPS) is 12.3. The molecule has 0 fully saturated rings. The molecule has 0 spiro atoms. The van der Waals surface area contributed by atoms with Crippen molar-refractivity contribution in [3.8, 4) is 0 Å². The van der Waals surface area contributed by atoms with Crippen LogP contribution in [-0.4, -0.2) is 22.2 Å². The highest BCUT2D eigenvalue weighted by Gasteiger charge is 2.11. The van der Waals surface area contributed by atoms with Crippen molar-refractivity contribution in [2.75, 3.05) is 0 Å². The molecule has 0 aromatic heterocycles. The van der Waals surface area contributed by atoms with Crippen molar-refractivity contribution < 1.29 is 19.8 Å². The van der Waals surface area contributed by atoms with Gasteiger partial charge in [0.15, 0.2) is 0 Å². The Bertz CT molecular complexity index is 225.